The largest absolute Gasteiger partial charge is 0.464 e. The lowest BCUT2D eigenvalue weighted by atomic mass is 10.1. The maximum Gasteiger partial charge on any atom is 0.125 e. The van der Waals surface area contributed by atoms with Gasteiger partial charge in [-0.1, -0.05) is 24.6 Å². The second kappa shape index (κ2) is 5.91. The fourth-order valence-electron chi connectivity index (χ4n) is 1.90. The normalized spacial score (nSPS) is 12.7. The molecule has 0 saturated heterocycles. The number of hydrogen-bond acceptors (Lipinski definition) is 2. The Hall–Kier alpha value is -0.770. The van der Waals surface area contributed by atoms with Crippen LogP contribution in [0, 0.1) is 0 Å². The summed E-state index contributed by atoms with van der Waals surface area (Å²) in [7, 11) is 1.92. The molecule has 96 valence electrons. The van der Waals surface area contributed by atoms with E-state index in [-0.39, 0.29) is 6.04 Å². The predicted molar refractivity (Wildman–Crippen MR) is 78.1 cm³/mol. The van der Waals surface area contributed by atoms with Crippen LogP contribution in [0.15, 0.2) is 39.2 Å². The Kier molecular flexibility index (Phi) is 4.49. The lowest BCUT2D eigenvalue weighted by Crippen LogP contribution is -2.16. The Morgan fingerprint density at radius 2 is 2.11 bits per heavy atom. The molecule has 0 aliphatic heterocycles. The topological polar surface area (TPSA) is 25.2 Å². The van der Waals surface area contributed by atoms with Crippen LogP contribution in [-0.2, 0) is 6.42 Å². The van der Waals surface area contributed by atoms with Crippen molar-refractivity contribution >= 4 is 27.5 Å². The maximum absolute atomic E-state index is 6.01. The van der Waals surface area contributed by atoms with E-state index < -0.39 is 0 Å². The van der Waals surface area contributed by atoms with Crippen molar-refractivity contribution in [3.8, 4) is 0 Å². The van der Waals surface area contributed by atoms with Crippen LogP contribution in [0.5, 0.6) is 0 Å². The van der Waals surface area contributed by atoms with Gasteiger partial charge in [-0.15, -0.1) is 0 Å². The summed E-state index contributed by atoms with van der Waals surface area (Å²) in [6.07, 6.45) is 0.904. The number of rotatable bonds is 4. The molecule has 4 heteroatoms. The number of aryl methyl sites for hydroxylation is 1. The van der Waals surface area contributed by atoms with Gasteiger partial charge in [0.05, 0.1) is 11.1 Å². The first-order valence-electron chi connectivity index (χ1n) is 5.86. The molecular formula is C14H15BrClNO. The molecule has 1 aromatic heterocycles. The second-order valence-corrected chi connectivity index (χ2v) is 5.31. The minimum atomic E-state index is 0.0406. The van der Waals surface area contributed by atoms with Crippen molar-refractivity contribution in [2.24, 2.45) is 0 Å². The SMILES string of the molecule is CCc1ccc(C(NC)c2ccc(Cl)c(Br)c2)o1. The number of benzene rings is 1. The first kappa shape index (κ1) is 13.7. The lowest BCUT2D eigenvalue weighted by molar-refractivity contribution is 0.434. The summed E-state index contributed by atoms with van der Waals surface area (Å²) in [4.78, 5) is 0. The Labute approximate surface area is 120 Å². The highest BCUT2D eigenvalue weighted by atomic mass is 79.9. The summed E-state index contributed by atoms with van der Waals surface area (Å²) in [5.41, 5.74) is 1.12. The molecule has 0 fully saturated rings. The summed E-state index contributed by atoms with van der Waals surface area (Å²) >= 11 is 9.46. The molecule has 0 spiro atoms. The molecule has 0 aliphatic carbocycles. The number of furan rings is 1. The Balaban J connectivity index is 2.35. The van der Waals surface area contributed by atoms with Crippen molar-refractivity contribution in [3.63, 3.8) is 0 Å². The monoisotopic (exact) mass is 327 g/mol. The van der Waals surface area contributed by atoms with Crippen LogP contribution in [0.3, 0.4) is 0 Å². The molecule has 1 N–H and O–H groups in total. The van der Waals surface area contributed by atoms with Gasteiger partial charge in [0, 0.05) is 10.9 Å². The van der Waals surface area contributed by atoms with Crippen LogP contribution < -0.4 is 5.32 Å². The molecule has 18 heavy (non-hydrogen) atoms. The molecule has 2 aromatic rings. The van der Waals surface area contributed by atoms with E-state index in [4.69, 9.17) is 16.0 Å². The fourth-order valence-corrected chi connectivity index (χ4v) is 2.42. The van der Waals surface area contributed by atoms with E-state index in [0.29, 0.717) is 5.02 Å². The van der Waals surface area contributed by atoms with E-state index in [1.54, 1.807) is 0 Å². The number of halogens is 2. The van der Waals surface area contributed by atoms with Crippen LogP contribution in [0.2, 0.25) is 5.02 Å². The van der Waals surface area contributed by atoms with Crippen LogP contribution in [0.1, 0.15) is 30.0 Å². The minimum Gasteiger partial charge on any atom is -0.464 e. The summed E-state index contributed by atoms with van der Waals surface area (Å²) in [6, 6.07) is 9.97. The predicted octanol–water partition coefficient (Wildman–Crippen LogP) is 4.57. The molecule has 0 radical (unpaired) electrons. The maximum atomic E-state index is 6.01. The third kappa shape index (κ3) is 2.79. The standard InChI is InChI=1S/C14H15BrClNO/c1-3-10-5-7-13(18-10)14(17-2)9-4-6-12(16)11(15)8-9/h4-8,14,17H,3H2,1-2H3. The zero-order valence-corrected chi connectivity index (χ0v) is 12.7. The number of nitrogens with one attached hydrogen (secondary N) is 1. The first-order chi connectivity index (χ1) is 8.65. The molecule has 0 amide bonds. The zero-order chi connectivity index (χ0) is 13.1. The van der Waals surface area contributed by atoms with E-state index in [2.05, 4.69) is 28.2 Å². The second-order valence-electron chi connectivity index (χ2n) is 4.05. The summed E-state index contributed by atoms with van der Waals surface area (Å²) < 4.78 is 6.69. The van der Waals surface area contributed by atoms with E-state index in [0.717, 1.165) is 28.0 Å². The molecule has 0 saturated carbocycles. The first-order valence-corrected chi connectivity index (χ1v) is 7.03. The van der Waals surface area contributed by atoms with Gasteiger partial charge in [0.1, 0.15) is 11.5 Å². The highest BCUT2D eigenvalue weighted by molar-refractivity contribution is 9.10. The van der Waals surface area contributed by atoms with Gasteiger partial charge >= 0.3 is 0 Å². The van der Waals surface area contributed by atoms with Gasteiger partial charge < -0.3 is 9.73 Å². The molecule has 0 bridgehead atoms. The zero-order valence-electron chi connectivity index (χ0n) is 10.3. The van der Waals surface area contributed by atoms with Crippen LogP contribution >= 0.6 is 27.5 Å². The molecule has 2 rings (SSSR count). The Bertz CT molecular complexity index is 538. The lowest BCUT2D eigenvalue weighted by Gasteiger charge is -2.15. The van der Waals surface area contributed by atoms with Gasteiger partial charge in [-0.05, 0) is 52.8 Å². The smallest absolute Gasteiger partial charge is 0.125 e. The third-order valence-corrected chi connectivity index (χ3v) is 4.10. The van der Waals surface area contributed by atoms with E-state index in [1.807, 2.05) is 37.4 Å². The highest BCUT2D eigenvalue weighted by Crippen LogP contribution is 2.29. The van der Waals surface area contributed by atoms with Crippen molar-refractivity contribution in [2.45, 2.75) is 19.4 Å². The summed E-state index contributed by atoms with van der Waals surface area (Å²) in [6.45, 7) is 2.08. The van der Waals surface area contributed by atoms with E-state index in [1.165, 1.54) is 0 Å². The van der Waals surface area contributed by atoms with E-state index in [9.17, 15) is 0 Å². The van der Waals surface area contributed by atoms with Gasteiger partial charge in [0.25, 0.3) is 0 Å². The van der Waals surface area contributed by atoms with Crippen molar-refractivity contribution in [3.05, 3.63) is 56.9 Å². The average Bonchev–Trinajstić information content (AvgIpc) is 2.83. The highest BCUT2D eigenvalue weighted by Gasteiger charge is 2.16. The summed E-state index contributed by atoms with van der Waals surface area (Å²) in [5, 5.41) is 3.97. The average molecular weight is 329 g/mol. The van der Waals surface area contributed by atoms with Crippen molar-refractivity contribution < 1.29 is 4.42 Å². The molecule has 1 aromatic carbocycles. The molecule has 1 heterocycles. The quantitative estimate of drug-likeness (QED) is 0.889. The van der Waals surface area contributed by atoms with Crippen molar-refractivity contribution in [2.75, 3.05) is 7.05 Å². The van der Waals surface area contributed by atoms with Gasteiger partial charge in [0.15, 0.2) is 0 Å². The van der Waals surface area contributed by atoms with Crippen LogP contribution in [-0.4, -0.2) is 7.05 Å². The van der Waals surface area contributed by atoms with Crippen molar-refractivity contribution in [1.82, 2.24) is 5.32 Å². The molecular weight excluding hydrogens is 314 g/mol. The molecule has 1 unspecified atom stereocenters. The van der Waals surface area contributed by atoms with E-state index >= 15 is 0 Å². The third-order valence-electron chi connectivity index (χ3n) is 2.88. The molecule has 0 aliphatic rings. The number of hydrogen-bond donors (Lipinski definition) is 1. The minimum absolute atomic E-state index is 0.0406. The van der Waals surface area contributed by atoms with Crippen molar-refractivity contribution in [1.29, 1.82) is 0 Å². The van der Waals surface area contributed by atoms with Crippen LogP contribution in [0.4, 0.5) is 0 Å². The van der Waals surface area contributed by atoms with Crippen LogP contribution in [0.25, 0.3) is 0 Å². The molecule has 1 atom stereocenters. The van der Waals surface area contributed by atoms with Gasteiger partial charge in [-0.25, -0.2) is 0 Å². The van der Waals surface area contributed by atoms with Gasteiger partial charge in [-0.2, -0.15) is 0 Å². The fraction of sp³-hybridized carbons (Fsp3) is 0.286. The van der Waals surface area contributed by atoms with Gasteiger partial charge in [-0.3, -0.25) is 0 Å². The summed E-state index contributed by atoms with van der Waals surface area (Å²) in [5.74, 6) is 1.92. The molecule has 2 nitrogen and oxygen atoms in total. The van der Waals surface area contributed by atoms with Gasteiger partial charge in [0.2, 0.25) is 0 Å². The Morgan fingerprint density at radius 3 is 2.67 bits per heavy atom. The Morgan fingerprint density at radius 1 is 1.33 bits per heavy atom.